The number of methoxy groups -OCH3 is 1. The number of nitrogens with zero attached hydrogens (tertiary/aromatic N) is 8. The second kappa shape index (κ2) is 8.70. The molecule has 5 rings (SSSR count). The number of ether oxygens (including phenoxy) is 1. The topological polar surface area (TPSA) is 121 Å². The molecule has 4 heterocycles. The molecule has 4 aromatic rings. The number of hydrogen-bond donors (Lipinski definition) is 1. The monoisotopic (exact) mass is 445 g/mol. The average molecular weight is 446 g/mol. The minimum Gasteiger partial charge on any atom is -0.382 e. The van der Waals surface area contributed by atoms with Gasteiger partial charge in [0.15, 0.2) is 11.6 Å². The molecule has 0 radical (unpaired) electrons. The third kappa shape index (κ3) is 3.86. The van der Waals surface area contributed by atoms with Crippen LogP contribution in [0.15, 0.2) is 37.1 Å². The molecule has 0 aliphatic heterocycles. The number of aromatic nitrogens is 7. The van der Waals surface area contributed by atoms with E-state index in [1.807, 2.05) is 12.3 Å². The van der Waals surface area contributed by atoms with Crippen molar-refractivity contribution in [2.24, 2.45) is 0 Å². The van der Waals surface area contributed by atoms with Gasteiger partial charge in [0.05, 0.1) is 36.1 Å². The van der Waals surface area contributed by atoms with Gasteiger partial charge in [-0.2, -0.15) is 15.3 Å². The molecule has 2 N–H and O–H groups in total. The third-order valence-corrected chi connectivity index (χ3v) is 6.41. The van der Waals surface area contributed by atoms with Crippen LogP contribution in [0.4, 0.5) is 11.6 Å². The predicted octanol–water partition coefficient (Wildman–Crippen LogP) is 2.82. The summed E-state index contributed by atoms with van der Waals surface area (Å²) in [7, 11) is 3.88. The van der Waals surface area contributed by atoms with Crippen molar-refractivity contribution in [3.63, 3.8) is 0 Å². The molecular weight excluding hydrogens is 418 g/mol. The quantitative estimate of drug-likeness (QED) is 0.477. The summed E-state index contributed by atoms with van der Waals surface area (Å²) in [6, 6.07) is 2.20. The summed E-state index contributed by atoms with van der Waals surface area (Å²) in [6.45, 7) is 2.08. The van der Waals surface area contributed by atoms with Crippen LogP contribution in [-0.4, -0.2) is 61.2 Å². The first-order valence-electron chi connectivity index (χ1n) is 11.1. The smallest absolute Gasteiger partial charge is 0.151 e. The van der Waals surface area contributed by atoms with Crippen LogP contribution >= 0.6 is 0 Å². The summed E-state index contributed by atoms with van der Waals surface area (Å²) >= 11 is 0. The number of aryl methyl sites for hydroxylation is 1. The molecule has 1 saturated carbocycles. The van der Waals surface area contributed by atoms with E-state index in [1.54, 1.807) is 36.6 Å². The molecule has 1 fully saturated rings. The summed E-state index contributed by atoms with van der Waals surface area (Å²) in [5.41, 5.74) is 11.0. The van der Waals surface area contributed by atoms with Crippen molar-refractivity contribution in [2.45, 2.75) is 44.8 Å². The molecule has 0 aromatic carbocycles. The fourth-order valence-corrected chi connectivity index (χ4v) is 4.49. The highest BCUT2D eigenvalue weighted by molar-refractivity contribution is 5.96. The van der Waals surface area contributed by atoms with E-state index in [2.05, 4.69) is 39.2 Å². The van der Waals surface area contributed by atoms with Crippen molar-refractivity contribution in [1.29, 1.82) is 0 Å². The molecule has 0 saturated heterocycles. The van der Waals surface area contributed by atoms with Gasteiger partial charge >= 0.3 is 0 Å². The maximum Gasteiger partial charge on any atom is 0.151 e. The second-order valence-electron chi connectivity index (χ2n) is 8.31. The average Bonchev–Trinajstić information content (AvgIpc) is 3.54. The van der Waals surface area contributed by atoms with Crippen LogP contribution in [0.3, 0.4) is 0 Å². The lowest BCUT2D eigenvalue weighted by Crippen LogP contribution is -2.32. The first-order valence-corrected chi connectivity index (χ1v) is 11.1. The highest BCUT2D eigenvalue weighted by atomic mass is 16.5. The molecule has 10 nitrogen and oxygen atoms in total. The zero-order valence-corrected chi connectivity index (χ0v) is 19.0. The molecule has 0 bridgehead atoms. The van der Waals surface area contributed by atoms with E-state index in [-0.39, 0.29) is 0 Å². The molecule has 4 aromatic heterocycles. The molecule has 1 aliphatic carbocycles. The lowest BCUT2D eigenvalue weighted by molar-refractivity contribution is 0.108. The molecule has 2 atom stereocenters. The lowest BCUT2D eigenvalue weighted by Gasteiger charge is -2.27. The van der Waals surface area contributed by atoms with Crippen molar-refractivity contribution in [3.05, 3.63) is 42.7 Å². The van der Waals surface area contributed by atoms with Gasteiger partial charge < -0.3 is 15.4 Å². The number of anilines is 2. The van der Waals surface area contributed by atoms with Gasteiger partial charge in [-0.1, -0.05) is 6.92 Å². The third-order valence-electron chi connectivity index (χ3n) is 6.41. The van der Waals surface area contributed by atoms with Crippen molar-refractivity contribution in [2.75, 3.05) is 24.8 Å². The normalized spacial score (nSPS) is 18.2. The van der Waals surface area contributed by atoms with Crippen LogP contribution in [-0.2, 0) is 11.2 Å². The van der Waals surface area contributed by atoms with E-state index in [1.165, 1.54) is 0 Å². The Kier molecular flexibility index (Phi) is 5.59. The van der Waals surface area contributed by atoms with E-state index in [0.29, 0.717) is 23.5 Å². The van der Waals surface area contributed by atoms with Gasteiger partial charge in [0.2, 0.25) is 0 Å². The van der Waals surface area contributed by atoms with Crippen LogP contribution < -0.4 is 10.6 Å². The van der Waals surface area contributed by atoms with Gasteiger partial charge in [-0.25, -0.2) is 19.6 Å². The zero-order chi connectivity index (χ0) is 22.9. The maximum atomic E-state index is 6.23. The van der Waals surface area contributed by atoms with Crippen molar-refractivity contribution in [1.82, 2.24) is 34.9 Å². The number of nitrogens with two attached hydrogens (primary N) is 1. The van der Waals surface area contributed by atoms with Gasteiger partial charge in [0, 0.05) is 43.7 Å². The van der Waals surface area contributed by atoms with Gasteiger partial charge in [-0.15, -0.1) is 0 Å². The summed E-state index contributed by atoms with van der Waals surface area (Å²) in [4.78, 5) is 16.7. The zero-order valence-electron chi connectivity index (χ0n) is 19.0. The van der Waals surface area contributed by atoms with E-state index in [0.717, 1.165) is 59.5 Å². The Labute approximate surface area is 191 Å². The van der Waals surface area contributed by atoms with Gasteiger partial charge in [0.25, 0.3) is 0 Å². The van der Waals surface area contributed by atoms with Crippen molar-refractivity contribution in [3.8, 4) is 16.8 Å². The molecular formula is C23H27N9O. The number of fused-ring (bicyclic) bond motifs is 1. The Hall–Kier alpha value is -3.66. The van der Waals surface area contributed by atoms with E-state index < -0.39 is 0 Å². The van der Waals surface area contributed by atoms with Crippen molar-refractivity contribution >= 4 is 22.7 Å². The minimum absolute atomic E-state index is 0.292. The summed E-state index contributed by atoms with van der Waals surface area (Å²) in [5, 5.41) is 12.2. The first kappa shape index (κ1) is 21.2. The largest absolute Gasteiger partial charge is 0.382 e. The standard InChI is InChI=1S/C23H27N9O/c1-4-19-23(31(2)15-5-6-17(9-15)33-3)30-20-18(12-25-22(24)21(20)29-19)14-10-28-32(13-14)16-7-8-26-27-11-16/h7-8,10-13,15,17H,4-6,9H2,1-3H3,(H2,24,25)/t15-,17+/m1/s1. The van der Waals surface area contributed by atoms with Crippen LogP contribution in [0, 0.1) is 0 Å². The Morgan fingerprint density at radius 2 is 2.03 bits per heavy atom. The molecule has 1 aliphatic rings. The Morgan fingerprint density at radius 3 is 2.76 bits per heavy atom. The summed E-state index contributed by atoms with van der Waals surface area (Å²) in [6.07, 6.45) is 12.9. The van der Waals surface area contributed by atoms with E-state index >= 15 is 0 Å². The van der Waals surface area contributed by atoms with E-state index in [4.69, 9.17) is 20.4 Å². The number of hydrogen-bond acceptors (Lipinski definition) is 9. The second-order valence-corrected chi connectivity index (χ2v) is 8.31. The highest BCUT2D eigenvalue weighted by Gasteiger charge is 2.30. The Bertz CT molecular complexity index is 1270. The van der Waals surface area contributed by atoms with Crippen LogP contribution in [0.2, 0.25) is 0 Å². The molecule has 0 amide bonds. The first-order chi connectivity index (χ1) is 16.1. The number of nitrogen functional groups attached to an aromatic ring is 1. The molecule has 10 heteroatoms. The fourth-order valence-electron chi connectivity index (χ4n) is 4.49. The van der Waals surface area contributed by atoms with Gasteiger partial charge in [-0.05, 0) is 31.7 Å². The maximum absolute atomic E-state index is 6.23. The number of pyridine rings is 1. The van der Waals surface area contributed by atoms with Gasteiger partial charge in [-0.3, -0.25) is 0 Å². The molecule has 0 unspecified atom stereocenters. The summed E-state index contributed by atoms with van der Waals surface area (Å²) in [5.74, 6) is 1.25. The van der Waals surface area contributed by atoms with Crippen molar-refractivity contribution < 1.29 is 4.74 Å². The molecule has 0 spiro atoms. The fraction of sp³-hybridized carbons (Fsp3) is 0.391. The molecule has 170 valence electrons. The molecule has 33 heavy (non-hydrogen) atoms. The van der Waals surface area contributed by atoms with Crippen LogP contribution in [0.25, 0.3) is 27.8 Å². The summed E-state index contributed by atoms with van der Waals surface area (Å²) < 4.78 is 7.33. The SMILES string of the molecule is CCc1nc2c(N)ncc(-c3cnn(-c4ccnnc4)c3)c2nc1N(C)[C@@H]1CC[C@H](OC)C1. The van der Waals surface area contributed by atoms with E-state index in [9.17, 15) is 0 Å². The predicted molar refractivity (Wildman–Crippen MR) is 126 cm³/mol. The Balaban J connectivity index is 1.60. The van der Waals surface area contributed by atoms with Crippen LogP contribution in [0.5, 0.6) is 0 Å². The highest BCUT2D eigenvalue weighted by Crippen LogP contribution is 2.34. The Morgan fingerprint density at radius 1 is 1.15 bits per heavy atom. The number of rotatable bonds is 6. The van der Waals surface area contributed by atoms with Crippen LogP contribution in [0.1, 0.15) is 31.9 Å². The lowest BCUT2D eigenvalue weighted by atomic mass is 10.1. The van der Waals surface area contributed by atoms with Gasteiger partial charge in [0.1, 0.15) is 11.0 Å². The minimum atomic E-state index is 0.292.